The Balaban J connectivity index is 0.000000240. The normalized spacial score (nSPS) is 10.8. The Labute approximate surface area is 143 Å². The van der Waals surface area contributed by atoms with Crippen molar-refractivity contribution in [3.8, 4) is 0 Å². The highest BCUT2D eigenvalue weighted by atomic mass is 16.5. The molecule has 2 aromatic carbocycles. The average Bonchev–Trinajstić information content (AvgIpc) is 2.57. The van der Waals surface area contributed by atoms with E-state index in [1.54, 1.807) is 0 Å². The molecular formula is C20H24O4. The molecule has 24 heavy (non-hydrogen) atoms. The van der Waals surface area contributed by atoms with Gasteiger partial charge in [0.05, 0.1) is 13.0 Å². The molecule has 0 saturated heterocycles. The van der Waals surface area contributed by atoms with Crippen molar-refractivity contribution in [2.45, 2.75) is 33.3 Å². The summed E-state index contributed by atoms with van der Waals surface area (Å²) in [4.78, 5) is 21.6. The molecule has 0 amide bonds. The van der Waals surface area contributed by atoms with Crippen molar-refractivity contribution in [3.63, 3.8) is 0 Å². The monoisotopic (exact) mass is 328 g/mol. The molecule has 128 valence electrons. The predicted octanol–water partition coefficient (Wildman–Crippen LogP) is 4.10. The van der Waals surface area contributed by atoms with Crippen LogP contribution in [0.1, 0.15) is 38.0 Å². The molecule has 0 spiro atoms. The fourth-order valence-electron chi connectivity index (χ4n) is 2.02. The van der Waals surface area contributed by atoms with Crippen molar-refractivity contribution < 1.29 is 19.1 Å². The molecule has 0 fully saturated rings. The molecule has 1 unspecified atom stereocenters. The van der Waals surface area contributed by atoms with E-state index in [1.807, 2.05) is 74.5 Å². The molecule has 0 aromatic heterocycles. The topological polar surface area (TPSA) is 52.6 Å². The predicted molar refractivity (Wildman–Crippen MR) is 93.4 cm³/mol. The molecule has 0 aliphatic rings. The van der Waals surface area contributed by atoms with E-state index in [9.17, 15) is 9.59 Å². The highest BCUT2D eigenvalue weighted by molar-refractivity contribution is 5.72. The maximum Gasteiger partial charge on any atom is 0.310 e. The summed E-state index contributed by atoms with van der Waals surface area (Å²) in [5, 5.41) is 0. The molecular weight excluding hydrogens is 304 g/mol. The SMILES string of the molecule is CC(=O)OC(C)c1ccccc1.CCOC(=O)Cc1ccccc1. The average molecular weight is 328 g/mol. The van der Waals surface area contributed by atoms with Gasteiger partial charge in [-0.05, 0) is 25.0 Å². The molecule has 1 atom stereocenters. The van der Waals surface area contributed by atoms with Crippen molar-refractivity contribution >= 4 is 11.9 Å². The number of hydrogen-bond acceptors (Lipinski definition) is 4. The van der Waals surface area contributed by atoms with Gasteiger partial charge < -0.3 is 9.47 Å². The summed E-state index contributed by atoms with van der Waals surface area (Å²) in [6.45, 7) is 5.53. The summed E-state index contributed by atoms with van der Waals surface area (Å²) in [5.74, 6) is -0.407. The first-order chi connectivity index (χ1) is 11.5. The van der Waals surface area contributed by atoms with E-state index in [-0.39, 0.29) is 18.0 Å². The molecule has 4 nitrogen and oxygen atoms in total. The van der Waals surface area contributed by atoms with E-state index in [4.69, 9.17) is 9.47 Å². The summed E-state index contributed by atoms with van der Waals surface area (Å²) in [6.07, 6.45) is 0.220. The second-order valence-electron chi connectivity index (χ2n) is 5.13. The Bertz CT molecular complexity index is 608. The highest BCUT2D eigenvalue weighted by Crippen LogP contribution is 2.15. The van der Waals surface area contributed by atoms with Gasteiger partial charge in [-0.1, -0.05) is 60.7 Å². The van der Waals surface area contributed by atoms with Gasteiger partial charge >= 0.3 is 11.9 Å². The minimum Gasteiger partial charge on any atom is -0.466 e. The van der Waals surface area contributed by atoms with Crippen molar-refractivity contribution in [2.24, 2.45) is 0 Å². The zero-order valence-electron chi connectivity index (χ0n) is 14.4. The molecule has 0 bridgehead atoms. The first kappa shape index (κ1) is 19.4. The minimum absolute atomic E-state index is 0.149. The Kier molecular flexibility index (Phi) is 8.90. The van der Waals surface area contributed by atoms with Gasteiger partial charge in [-0.15, -0.1) is 0 Å². The zero-order chi connectivity index (χ0) is 17.8. The van der Waals surface area contributed by atoms with Gasteiger partial charge in [0, 0.05) is 6.92 Å². The van der Waals surface area contributed by atoms with Gasteiger partial charge in [0.25, 0.3) is 0 Å². The van der Waals surface area contributed by atoms with E-state index in [0.29, 0.717) is 13.0 Å². The van der Waals surface area contributed by atoms with Crippen LogP contribution in [-0.2, 0) is 25.5 Å². The zero-order valence-corrected chi connectivity index (χ0v) is 14.4. The summed E-state index contributed by atoms with van der Waals surface area (Å²) in [6, 6.07) is 19.2. The van der Waals surface area contributed by atoms with Crippen LogP contribution in [0.25, 0.3) is 0 Å². The summed E-state index contributed by atoms with van der Waals surface area (Å²) < 4.78 is 9.80. The minimum atomic E-state index is -0.244. The standard InChI is InChI=1S/2C10H12O2/c1-8(12-9(2)11)10-6-4-3-5-7-10;1-2-12-10(11)8-9-6-4-3-5-7-9/h3-8H,1-2H3;3-7H,2,8H2,1H3. The quantitative estimate of drug-likeness (QED) is 0.775. The molecule has 0 aliphatic heterocycles. The van der Waals surface area contributed by atoms with Gasteiger partial charge in [-0.2, -0.15) is 0 Å². The van der Waals surface area contributed by atoms with Crippen LogP contribution in [0.15, 0.2) is 60.7 Å². The molecule has 0 heterocycles. The lowest BCUT2D eigenvalue weighted by Crippen LogP contribution is -2.06. The van der Waals surface area contributed by atoms with Crippen LogP contribution in [0.3, 0.4) is 0 Å². The Hall–Kier alpha value is -2.62. The number of hydrogen-bond donors (Lipinski definition) is 0. The van der Waals surface area contributed by atoms with Gasteiger partial charge in [0.15, 0.2) is 0 Å². The van der Waals surface area contributed by atoms with Crippen LogP contribution in [-0.4, -0.2) is 18.5 Å². The highest BCUT2D eigenvalue weighted by Gasteiger charge is 2.06. The third kappa shape index (κ3) is 8.13. The van der Waals surface area contributed by atoms with Crippen molar-refractivity contribution in [1.82, 2.24) is 0 Å². The van der Waals surface area contributed by atoms with Crippen LogP contribution < -0.4 is 0 Å². The van der Waals surface area contributed by atoms with Gasteiger partial charge in [-0.3, -0.25) is 9.59 Å². The molecule has 0 N–H and O–H groups in total. The summed E-state index contributed by atoms with van der Waals surface area (Å²) in [7, 11) is 0. The van der Waals surface area contributed by atoms with Crippen molar-refractivity contribution in [2.75, 3.05) is 6.61 Å². The Morgan fingerprint density at radius 2 is 1.50 bits per heavy atom. The summed E-state index contributed by atoms with van der Waals surface area (Å²) >= 11 is 0. The molecule has 4 heteroatoms. The van der Waals surface area contributed by atoms with E-state index in [0.717, 1.165) is 11.1 Å². The van der Waals surface area contributed by atoms with Crippen LogP contribution in [0.4, 0.5) is 0 Å². The largest absolute Gasteiger partial charge is 0.466 e. The molecule has 0 aliphatic carbocycles. The number of benzene rings is 2. The van der Waals surface area contributed by atoms with Crippen LogP contribution in [0, 0.1) is 0 Å². The maximum atomic E-state index is 11.0. The third-order valence-electron chi connectivity index (χ3n) is 3.11. The van der Waals surface area contributed by atoms with Crippen LogP contribution in [0.2, 0.25) is 0 Å². The van der Waals surface area contributed by atoms with E-state index >= 15 is 0 Å². The molecule has 2 aromatic rings. The second-order valence-corrected chi connectivity index (χ2v) is 5.13. The smallest absolute Gasteiger partial charge is 0.310 e. The second kappa shape index (κ2) is 11.0. The lowest BCUT2D eigenvalue weighted by molar-refractivity contribution is -0.146. The van der Waals surface area contributed by atoms with Crippen LogP contribution in [0.5, 0.6) is 0 Å². The van der Waals surface area contributed by atoms with Crippen LogP contribution >= 0.6 is 0 Å². The van der Waals surface area contributed by atoms with E-state index in [2.05, 4.69) is 0 Å². The fourth-order valence-corrected chi connectivity index (χ4v) is 2.02. The summed E-state index contributed by atoms with van der Waals surface area (Å²) in [5.41, 5.74) is 2.02. The number of rotatable bonds is 5. The van der Waals surface area contributed by atoms with E-state index < -0.39 is 0 Å². The number of ether oxygens (including phenoxy) is 2. The number of carbonyl (C=O) groups is 2. The van der Waals surface area contributed by atoms with Gasteiger partial charge in [-0.25, -0.2) is 0 Å². The van der Waals surface area contributed by atoms with Gasteiger partial charge in [0.2, 0.25) is 0 Å². The Morgan fingerprint density at radius 1 is 0.958 bits per heavy atom. The first-order valence-corrected chi connectivity index (χ1v) is 7.94. The lowest BCUT2D eigenvalue weighted by atomic mass is 10.1. The molecule has 2 rings (SSSR count). The van der Waals surface area contributed by atoms with Crippen molar-refractivity contribution in [3.05, 3.63) is 71.8 Å². The van der Waals surface area contributed by atoms with Crippen molar-refractivity contribution in [1.29, 1.82) is 0 Å². The first-order valence-electron chi connectivity index (χ1n) is 7.94. The molecule has 0 radical (unpaired) electrons. The maximum absolute atomic E-state index is 11.0. The molecule has 0 saturated carbocycles. The number of carbonyl (C=O) groups excluding carboxylic acids is 2. The third-order valence-corrected chi connectivity index (χ3v) is 3.11. The lowest BCUT2D eigenvalue weighted by Gasteiger charge is -2.11. The van der Waals surface area contributed by atoms with E-state index in [1.165, 1.54) is 6.92 Å². The fraction of sp³-hybridized carbons (Fsp3) is 0.300. The van der Waals surface area contributed by atoms with Gasteiger partial charge in [0.1, 0.15) is 6.10 Å². The number of esters is 2. The Morgan fingerprint density at radius 3 is 2.00 bits per heavy atom.